The molecular weight excluding hydrogens is 957 g/mol. The van der Waals surface area contributed by atoms with Crippen molar-refractivity contribution < 1.29 is 125 Å². The summed E-state index contributed by atoms with van der Waals surface area (Å²) >= 11 is 0. The topological polar surface area (TPSA) is 299 Å². The van der Waals surface area contributed by atoms with Crippen molar-refractivity contribution in [3.05, 3.63) is 170 Å². The molecule has 1 heterocycles. The van der Waals surface area contributed by atoms with Crippen LogP contribution in [0.5, 0.6) is 6.01 Å². The number of anilines is 4. The van der Waals surface area contributed by atoms with E-state index in [4.69, 9.17) is 0 Å². The minimum Gasteiger partial charge on any atom is -0.844 e. The van der Waals surface area contributed by atoms with E-state index in [1.165, 1.54) is 24.3 Å². The van der Waals surface area contributed by atoms with Gasteiger partial charge in [0.05, 0.1) is 49.9 Å². The van der Waals surface area contributed by atoms with Crippen LogP contribution in [0.3, 0.4) is 0 Å². The molecule has 0 unspecified atom stereocenters. The molecule has 0 saturated carbocycles. The van der Waals surface area contributed by atoms with Gasteiger partial charge < -0.3 is 24.8 Å². The van der Waals surface area contributed by atoms with Crippen LogP contribution in [0.1, 0.15) is 0 Å². The number of fused-ring (bicyclic) bond motifs is 2. The van der Waals surface area contributed by atoms with Crippen molar-refractivity contribution in [1.29, 1.82) is 0 Å². The Morgan fingerprint density at radius 1 is 0.392 bits per heavy atom. The Kier molecular flexibility index (Phi) is 22.0. The molecule has 0 atom stereocenters. The van der Waals surface area contributed by atoms with Crippen LogP contribution in [0.15, 0.2) is 208 Å². The molecule has 1 aromatic heterocycles. The zero-order valence-corrected chi connectivity index (χ0v) is 41.7. The van der Waals surface area contributed by atoms with Gasteiger partial charge in [-0.1, -0.05) is 16.8 Å². The van der Waals surface area contributed by atoms with Gasteiger partial charge >= 0.3 is 94.3 Å². The minimum absolute atomic E-state index is 0. The van der Waals surface area contributed by atoms with Crippen LogP contribution < -0.4 is 110 Å². The second-order valence-electron chi connectivity index (χ2n) is 14.5. The Labute approximate surface area is 483 Å². The molecule has 9 aromatic rings. The first-order valence-corrected chi connectivity index (χ1v) is 22.9. The van der Waals surface area contributed by atoms with E-state index >= 15 is 0 Å². The summed E-state index contributed by atoms with van der Waals surface area (Å²) in [4.78, 5) is 11.1. The van der Waals surface area contributed by atoms with Crippen LogP contribution in [-0.2, 0) is 20.2 Å². The fourth-order valence-electron chi connectivity index (χ4n) is 6.52. The normalized spacial score (nSPS) is 11.4. The summed E-state index contributed by atoms with van der Waals surface area (Å²) in [7, 11) is -9.51. The summed E-state index contributed by atoms with van der Waals surface area (Å²) in [5.41, 5.74) is 4.71. The van der Waals surface area contributed by atoms with Gasteiger partial charge in [-0.3, -0.25) is 0 Å². The predicted octanol–water partition coefficient (Wildman–Crippen LogP) is -3.17. The first-order chi connectivity index (χ1) is 33.3. The molecule has 0 fully saturated rings. The number of aromatic nitrogens is 3. The molecule has 0 saturated heterocycles. The molecule has 20 nitrogen and oxygen atoms in total. The molecule has 0 aliphatic heterocycles. The second kappa shape index (κ2) is 26.9. The average molecular weight is 986 g/mol. The third kappa shape index (κ3) is 15.5. The van der Waals surface area contributed by atoms with Crippen LogP contribution in [-0.4, -0.2) is 40.9 Å². The first kappa shape index (κ1) is 60.5. The van der Waals surface area contributed by atoms with Gasteiger partial charge in [-0.15, -0.1) is 22.4 Å². The summed E-state index contributed by atoms with van der Waals surface area (Å²) in [6.07, 6.45) is 0. The number of azo groups is 4. The molecular formula is C47H28Li5N13O7S2. The minimum atomic E-state index is -4.85. The predicted molar refractivity (Wildman–Crippen MR) is 250 cm³/mol. The Balaban J connectivity index is 0.00000237. The van der Waals surface area contributed by atoms with Gasteiger partial charge in [0.2, 0.25) is 11.9 Å². The molecule has 0 radical (unpaired) electrons. The van der Waals surface area contributed by atoms with E-state index in [2.05, 4.69) is 78.6 Å². The number of hydrogen-bond acceptors (Lipinski definition) is 20. The van der Waals surface area contributed by atoms with Crippen LogP contribution in [0.4, 0.5) is 68.8 Å². The smallest absolute Gasteiger partial charge is 0.844 e. The molecule has 0 amide bonds. The van der Waals surface area contributed by atoms with Crippen molar-refractivity contribution >= 4 is 111 Å². The van der Waals surface area contributed by atoms with E-state index in [0.717, 1.165) is 35.0 Å². The van der Waals surface area contributed by atoms with Gasteiger partial charge in [-0.05, 0) is 115 Å². The number of nitrogens with zero attached hydrogens (tertiary/aromatic N) is 11. The Morgan fingerprint density at radius 2 is 0.770 bits per heavy atom. The Bertz CT molecular complexity index is 3760. The second-order valence-corrected chi connectivity index (χ2v) is 17.2. The van der Waals surface area contributed by atoms with Crippen molar-refractivity contribution in [2.24, 2.45) is 40.9 Å². The summed E-state index contributed by atoms with van der Waals surface area (Å²) in [6, 6.07) is 46.5. The number of hydrogen-bond donors (Lipinski definition) is 2. The zero-order valence-electron chi connectivity index (χ0n) is 40.1. The Morgan fingerprint density at radius 3 is 1.23 bits per heavy atom. The third-order valence-corrected chi connectivity index (χ3v) is 11.5. The van der Waals surface area contributed by atoms with Crippen molar-refractivity contribution in [3.8, 4) is 6.01 Å². The molecule has 74 heavy (non-hydrogen) atoms. The summed E-state index contributed by atoms with van der Waals surface area (Å²) in [5, 5.41) is 55.2. The maximum atomic E-state index is 12.5. The van der Waals surface area contributed by atoms with Crippen molar-refractivity contribution in [2.45, 2.75) is 9.79 Å². The fraction of sp³-hybridized carbons (Fsp3) is 0. The maximum absolute atomic E-state index is 12.5. The first-order valence-electron chi connectivity index (χ1n) is 20.1. The molecule has 27 heteroatoms. The quantitative estimate of drug-likeness (QED) is 0.0472. The molecule has 0 spiro atoms. The maximum Gasteiger partial charge on any atom is 1.00 e. The number of nitrogens with one attached hydrogen (secondary N) is 2. The van der Waals surface area contributed by atoms with Crippen molar-refractivity contribution in [1.82, 2.24) is 15.0 Å². The third-order valence-electron chi connectivity index (χ3n) is 9.83. The average Bonchev–Trinajstić information content (AvgIpc) is 3.34. The van der Waals surface area contributed by atoms with Gasteiger partial charge in [0.15, 0.2) is 0 Å². The molecule has 340 valence electrons. The van der Waals surface area contributed by atoms with E-state index in [1.54, 1.807) is 72.8 Å². The summed E-state index contributed by atoms with van der Waals surface area (Å²) in [5.74, 6) is -0.0286. The largest absolute Gasteiger partial charge is 1.00 e. The number of rotatable bonds is 14. The summed E-state index contributed by atoms with van der Waals surface area (Å²) in [6.45, 7) is 0. The van der Waals surface area contributed by atoms with Crippen LogP contribution >= 0.6 is 0 Å². The number of benzene rings is 8. The van der Waals surface area contributed by atoms with Gasteiger partial charge in [0.1, 0.15) is 20.2 Å². The summed E-state index contributed by atoms with van der Waals surface area (Å²) < 4.78 is 69.5. The standard InChI is InChI=1S/C47H31N13O7S2.5Li/c61-47-51-45(48-29-10-14-32(15-11-29)54-58-42-25-24-41(37-8-4-5-9-38(37)42)57-53-31-6-2-1-3-7-31)50-46(52-47)49-30-12-16-33(17-13-30)55-59-43-26-27-44(40-28-36(69(65,66)67)22-23-39(40)43)60-56-34-18-20-35(21-19-34)68(62,63)64;;;;;/h2-3,5-28H,(H,62,63,64)(H,65,66,67)(H3,48,49,50,51,52,61);;;;;/q-2;5*+1/p-3. The SMILES string of the molecule is O=S(=O)([O-])c1ccc(N=Nc2ccc(N=Nc3ccc(Nc4nc([O-])nc(Nc5ccc(N=Nc6ccc(N=Nc7cc[c-]cc7)c7c[c-]ccc67)cc5)n4)cc3)c3ccc(S(=O)(=O)[O-])cc23)cc1.[Li+].[Li+].[Li+].[Li+].[Li+]. The van der Waals surface area contributed by atoms with Crippen molar-refractivity contribution in [3.63, 3.8) is 0 Å². The zero-order chi connectivity index (χ0) is 48.0. The fourth-order valence-corrected chi connectivity index (χ4v) is 7.49. The van der Waals surface area contributed by atoms with Gasteiger partial charge in [-0.25, -0.2) is 26.8 Å². The molecule has 9 rings (SSSR count). The molecule has 0 aliphatic carbocycles. The van der Waals surface area contributed by atoms with E-state index < -0.39 is 36.0 Å². The van der Waals surface area contributed by atoms with Gasteiger partial charge in [0.25, 0.3) is 0 Å². The van der Waals surface area contributed by atoms with Crippen LogP contribution in [0.25, 0.3) is 21.5 Å². The van der Waals surface area contributed by atoms with Crippen LogP contribution in [0, 0.1) is 12.1 Å². The monoisotopic (exact) mass is 985 g/mol. The molecule has 2 N–H and O–H groups in total. The molecule has 8 aromatic carbocycles. The van der Waals surface area contributed by atoms with E-state index in [0.29, 0.717) is 50.9 Å². The van der Waals surface area contributed by atoms with Crippen LogP contribution in [0.2, 0.25) is 0 Å². The van der Waals surface area contributed by atoms with Gasteiger partial charge in [0, 0.05) is 27.8 Å². The van der Waals surface area contributed by atoms with E-state index in [1.807, 2.05) is 36.4 Å². The Hall–Kier alpha value is -6.10. The molecule has 0 aliphatic rings. The van der Waals surface area contributed by atoms with E-state index in [9.17, 15) is 31.0 Å². The van der Waals surface area contributed by atoms with Crippen molar-refractivity contribution in [2.75, 3.05) is 10.6 Å². The van der Waals surface area contributed by atoms with Gasteiger partial charge in [-0.2, -0.15) is 78.1 Å². The van der Waals surface area contributed by atoms with E-state index in [-0.39, 0.29) is 123 Å². The molecule has 0 bridgehead atoms.